The molecule has 0 saturated heterocycles. The molecule has 0 aromatic carbocycles. The molecule has 14 heavy (non-hydrogen) atoms. The van der Waals surface area contributed by atoms with Crippen LogP contribution in [0.3, 0.4) is 0 Å². The first-order valence-electron chi connectivity index (χ1n) is 5.98. The van der Waals surface area contributed by atoms with E-state index in [1.165, 1.54) is 25.7 Å². The maximum absolute atomic E-state index is 9.95. The highest BCUT2D eigenvalue weighted by atomic mass is 16.3. The van der Waals surface area contributed by atoms with Crippen LogP contribution in [-0.4, -0.2) is 10.7 Å². The van der Waals surface area contributed by atoms with Gasteiger partial charge in [0.05, 0.1) is 5.60 Å². The average Bonchev–Trinajstić information content (AvgIpc) is 2.03. The van der Waals surface area contributed by atoms with Gasteiger partial charge in [-0.15, -0.1) is 0 Å². The van der Waals surface area contributed by atoms with E-state index in [9.17, 15) is 5.11 Å². The van der Waals surface area contributed by atoms with E-state index in [-0.39, 0.29) is 0 Å². The van der Waals surface area contributed by atoms with E-state index in [0.29, 0.717) is 11.3 Å². The zero-order valence-corrected chi connectivity index (χ0v) is 10.4. The van der Waals surface area contributed by atoms with Crippen molar-refractivity contribution in [3.8, 4) is 0 Å². The first-order valence-corrected chi connectivity index (χ1v) is 5.98. The third-order valence-electron chi connectivity index (χ3n) is 4.52. The summed E-state index contributed by atoms with van der Waals surface area (Å²) in [6, 6.07) is 0. The Morgan fingerprint density at radius 1 is 1.21 bits per heavy atom. The molecule has 1 aliphatic rings. The molecular weight excluding hydrogens is 172 g/mol. The third kappa shape index (κ3) is 2.50. The van der Waals surface area contributed by atoms with E-state index in [2.05, 4.69) is 20.8 Å². The molecule has 0 aliphatic heterocycles. The number of aliphatic hydroxyl groups is 1. The molecule has 1 N–H and O–H groups in total. The van der Waals surface area contributed by atoms with Crippen LogP contribution in [0.2, 0.25) is 0 Å². The van der Waals surface area contributed by atoms with Crippen molar-refractivity contribution < 1.29 is 5.11 Å². The van der Waals surface area contributed by atoms with Gasteiger partial charge in [-0.3, -0.25) is 0 Å². The molecule has 0 radical (unpaired) electrons. The van der Waals surface area contributed by atoms with Crippen molar-refractivity contribution in [2.75, 3.05) is 0 Å². The minimum absolute atomic E-state index is 0.474. The van der Waals surface area contributed by atoms with Crippen molar-refractivity contribution in [3.63, 3.8) is 0 Å². The number of hydrogen-bond donors (Lipinski definition) is 1. The fourth-order valence-electron chi connectivity index (χ4n) is 2.56. The summed E-state index contributed by atoms with van der Waals surface area (Å²) in [4.78, 5) is 0. The summed E-state index contributed by atoms with van der Waals surface area (Å²) in [6.07, 6.45) is 4.94. The Labute approximate surface area is 88.9 Å². The van der Waals surface area contributed by atoms with Crippen molar-refractivity contribution in [1.82, 2.24) is 0 Å². The number of rotatable bonds is 2. The summed E-state index contributed by atoms with van der Waals surface area (Å²) < 4.78 is 0. The lowest BCUT2D eigenvalue weighted by molar-refractivity contribution is -0.0254. The predicted molar refractivity (Wildman–Crippen MR) is 61.2 cm³/mol. The first-order chi connectivity index (χ1) is 6.26. The van der Waals surface area contributed by atoms with E-state index in [1.54, 1.807) is 0 Å². The van der Waals surface area contributed by atoms with Gasteiger partial charge in [-0.05, 0) is 56.8 Å². The van der Waals surface area contributed by atoms with Gasteiger partial charge in [0, 0.05) is 0 Å². The molecule has 1 fully saturated rings. The molecule has 0 atom stereocenters. The molecule has 1 saturated carbocycles. The van der Waals surface area contributed by atoms with Gasteiger partial charge in [0.15, 0.2) is 0 Å². The van der Waals surface area contributed by atoms with Crippen LogP contribution in [0, 0.1) is 17.3 Å². The van der Waals surface area contributed by atoms with Gasteiger partial charge in [-0.2, -0.15) is 0 Å². The van der Waals surface area contributed by atoms with Crippen LogP contribution in [0.1, 0.15) is 60.3 Å². The molecule has 0 aromatic heterocycles. The van der Waals surface area contributed by atoms with Crippen LogP contribution in [0.4, 0.5) is 0 Å². The Bertz CT molecular complexity index is 180. The highest BCUT2D eigenvalue weighted by molar-refractivity contribution is 4.89. The van der Waals surface area contributed by atoms with Crippen LogP contribution in [-0.2, 0) is 0 Å². The SMILES string of the molecule is CC(C)C1(C)CCC(C(C)(C)O)CC1. The minimum Gasteiger partial charge on any atom is -0.390 e. The van der Waals surface area contributed by atoms with Crippen LogP contribution < -0.4 is 0 Å². The highest BCUT2D eigenvalue weighted by Crippen LogP contribution is 2.46. The van der Waals surface area contributed by atoms with Crippen molar-refractivity contribution in [3.05, 3.63) is 0 Å². The molecule has 0 amide bonds. The fraction of sp³-hybridized carbons (Fsp3) is 1.00. The van der Waals surface area contributed by atoms with E-state index in [0.717, 1.165) is 5.92 Å². The minimum atomic E-state index is -0.474. The van der Waals surface area contributed by atoms with Gasteiger partial charge < -0.3 is 5.11 Å². The quantitative estimate of drug-likeness (QED) is 0.718. The fourth-order valence-corrected chi connectivity index (χ4v) is 2.56. The van der Waals surface area contributed by atoms with Crippen molar-refractivity contribution >= 4 is 0 Å². The van der Waals surface area contributed by atoms with Gasteiger partial charge in [0.1, 0.15) is 0 Å². The van der Waals surface area contributed by atoms with Crippen LogP contribution in [0.5, 0.6) is 0 Å². The Balaban J connectivity index is 2.54. The van der Waals surface area contributed by atoms with Gasteiger partial charge in [0.25, 0.3) is 0 Å². The maximum Gasteiger partial charge on any atom is 0.0619 e. The second-order valence-electron chi connectivity index (χ2n) is 6.24. The van der Waals surface area contributed by atoms with Crippen molar-refractivity contribution in [1.29, 1.82) is 0 Å². The summed E-state index contributed by atoms with van der Waals surface area (Å²) in [5.74, 6) is 1.28. The molecule has 0 bridgehead atoms. The molecule has 1 aliphatic carbocycles. The molecule has 0 spiro atoms. The Hall–Kier alpha value is -0.0400. The van der Waals surface area contributed by atoms with Gasteiger partial charge in [0.2, 0.25) is 0 Å². The zero-order chi connectivity index (χ0) is 11.0. The predicted octanol–water partition coefficient (Wildman–Crippen LogP) is 3.61. The average molecular weight is 198 g/mol. The highest BCUT2D eigenvalue weighted by Gasteiger charge is 2.38. The van der Waals surface area contributed by atoms with E-state index < -0.39 is 5.60 Å². The summed E-state index contributed by atoms with van der Waals surface area (Å²) >= 11 is 0. The second kappa shape index (κ2) is 3.84. The molecule has 1 rings (SSSR count). The Morgan fingerprint density at radius 3 is 1.93 bits per heavy atom. The van der Waals surface area contributed by atoms with Crippen LogP contribution >= 0.6 is 0 Å². The third-order valence-corrected chi connectivity index (χ3v) is 4.52. The van der Waals surface area contributed by atoms with Gasteiger partial charge >= 0.3 is 0 Å². The smallest absolute Gasteiger partial charge is 0.0619 e. The Kier molecular flexibility index (Phi) is 3.30. The van der Waals surface area contributed by atoms with E-state index >= 15 is 0 Å². The summed E-state index contributed by atoms with van der Waals surface area (Å²) in [7, 11) is 0. The van der Waals surface area contributed by atoms with Crippen LogP contribution in [0.25, 0.3) is 0 Å². The lowest BCUT2D eigenvalue weighted by atomic mass is 9.63. The molecular formula is C13H26O. The summed E-state index contributed by atoms with van der Waals surface area (Å²) in [5.41, 5.74) is 0.0417. The molecule has 0 heterocycles. The van der Waals surface area contributed by atoms with Crippen molar-refractivity contribution in [2.24, 2.45) is 17.3 Å². The molecule has 1 heteroatoms. The largest absolute Gasteiger partial charge is 0.390 e. The molecule has 0 aromatic rings. The lowest BCUT2D eigenvalue weighted by Gasteiger charge is -2.43. The monoisotopic (exact) mass is 198 g/mol. The normalized spacial score (nSPS) is 34.9. The summed E-state index contributed by atoms with van der Waals surface area (Å²) in [5, 5.41) is 9.95. The zero-order valence-electron chi connectivity index (χ0n) is 10.4. The summed E-state index contributed by atoms with van der Waals surface area (Å²) in [6.45, 7) is 11.0. The van der Waals surface area contributed by atoms with Crippen molar-refractivity contribution in [2.45, 2.75) is 65.9 Å². The molecule has 1 nitrogen and oxygen atoms in total. The Morgan fingerprint density at radius 2 is 1.64 bits per heavy atom. The molecule has 0 unspecified atom stereocenters. The van der Waals surface area contributed by atoms with Gasteiger partial charge in [-0.25, -0.2) is 0 Å². The topological polar surface area (TPSA) is 20.2 Å². The standard InChI is InChI=1S/C13H26O/c1-10(2)13(5)8-6-11(7-9-13)12(3,4)14/h10-11,14H,6-9H2,1-5H3. The lowest BCUT2D eigenvalue weighted by Crippen LogP contribution is -2.38. The second-order valence-corrected chi connectivity index (χ2v) is 6.24. The molecule has 84 valence electrons. The van der Waals surface area contributed by atoms with Crippen LogP contribution in [0.15, 0.2) is 0 Å². The van der Waals surface area contributed by atoms with E-state index in [4.69, 9.17) is 0 Å². The maximum atomic E-state index is 9.95. The van der Waals surface area contributed by atoms with E-state index in [1.807, 2.05) is 13.8 Å². The first kappa shape index (κ1) is 12.0. The van der Waals surface area contributed by atoms with Gasteiger partial charge in [-0.1, -0.05) is 20.8 Å². The number of hydrogen-bond acceptors (Lipinski definition) is 1.